The predicted molar refractivity (Wildman–Crippen MR) is 163 cm³/mol. The van der Waals surface area contributed by atoms with Gasteiger partial charge in [0, 0.05) is 81.9 Å². The van der Waals surface area contributed by atoms with Gasteiger partial charge in [0.1, 0.15) is 0 Å². The van der Waals surface area contributed by atoms with Crippen LogP contribution in [0.3, 0.4) is 0 Å². The molecule has 2 aromatic carbocycles. The third-order valence-corrected chi connectivity index (χ3v) is 9.34. The molecule has 8 heteroatoms. The first-order valence-electron chi connectivity index (χ1n) is 15.3. The second kappa shape index (κ2) is 11.2. The number of pyridine rings is 1. The van der Waals surface area contributed by atoms with Crippen LogP contribution in [0.5, 0.6) is 0 Å². The number of nitrogens with zero attached hydrogens (tertiary/aromatic N) is 5. The summed E-state index contributed by atoms with van der Waals surface area (Å²) in [4.78, 5) is 12.9. The number of nitrogens with one attached hydrogen (secondary N) is 1. The van der Waals surface area contributed by atoms with Gasteiger partial charge in [0.05, 0.1) is 40.0 Å². The van der Waals surface area contributed by atoms with Crippen LogP contribution in [0.2, 0.25) is 0 Å². The van der Waals surface area contributed by atoms with Crippen molar-refractivity contribution in [3.8, 4) is 0 Å². The monoisotopic (exact) mass is 542 g/mol. The average Bonchev–Trinajstić information content (AvgIpc) is 3.15. The Hall–Kier alpha value is -2.91. The zero-order valence-electron chi connectivity index (χ0n) is 23.4. The lowest BCUT2D eigenvalue weighted by Gasteiger charge is -2.33. The highest BCUT2D eigenvalue weighted by Gasteiger charge is 2.26. The zero-order chi connectivity index (χ0) is 27.1. The normalized spacial score (nSPS) is 20.1. The molecule has 0 aliphatic carbocycles. The number of aromatic nitrogens is 2. The van der Waals surface area contributed by atoms with E-state index in [0.29, 0.717) is 0 Å². The number of hydrogen-bond donors (Lipinski definition) is 3. The fraction of sp³-hybridized carbons (Fsp3) is 0.531. The lowest BCUT2D eigenvalue weighted by atomic mass is 10.1. The Kier molecular flexibility index (Phi) is 7.26. The standard InChI is InChI=1S/C32H42N6O2/c39-24-8-15-35(16-9-24)19-12-33-23-6-7-26-28(22-23)34-30-27-4-1-2-5-29(27)38-14-3-13-37(31(26)32(30)38)21-20-36-17-10-25(40)11-18-36/h1-2,4-7,22,24-25,33,39-40H,3,8-21H2. The maximum absolute atomic E-state index is 9.97. The molecule has 0 unspecified atom stereocenters. The van der Waals surface area contributed by atoms with E-state index in [4.69, 9.17) is 4.98 Å². The molecule has 3 aliphatic rings. The van der Waals surface area contributed by atoms with Gasteiger partial charge >= 0.3 is 0 Å². The zero-order valence-corrected chi connectivity index (χ0v) is 23.4. The number of para-hydroxylation sites is 1. The topological polar surface area (TPSA) is 80.0 Å². The number of fused-ring (bicyclic) bond motifs is 5. The molecule has 8 nitrogen and oxygen atoms in total. The number of aliphatic hydroxyl groups excluding tert-OH is 2. The fourth-order valence-electron chi connectivity index (χ4n) is 7.03. The molecular formula is C32H42N6O2. The van der Waals surface area contributed by atoms with Crippen molar-refractivity contribution in [1.29, 1.82) is 0 Å². The Labute approximate surface area is 236 Å². The molecule has 0 bridgehead atoms. The van der Waals surface area contributed by atoms with Crippen LogP contribution < -0.4 is 10.2 Å². The molecule has 0 radical (unpaired) electrons. The second-order valence-corrected chi connectivity index (χ2v) is 12.0. The van der Waals surface area contributed by atoms with E-state index in [1.165, 1.54) is 27.5 Å². The Balaban J connectivity index is 1.22. The van der Waals surface area contributed by atoms with Crippen LogP contribution in [0.15, 0.2) is 42.5 Å². The summed E-state index contributed by atoms with van der Waals surface area (Å²) in [5, 5.41) is 25.9. The van der Waals surface area contributed by atoms with Crippen LogP contribution >= 0.6 is 0 Å². The Morgan fingerprint density at radius 3 is 2.27 bits per heavy atom. The highest BCUT2D eigenvalue weighted by atomic mass is 16.3. The Bertz CT molecular complexity index is 1490. The van der Waals surface area contributed by atoms with E-state index in [1.807, 2.05) is 0 Å². The first-order chi connectivity index (χ1) is 19.6. The molecule has 2 fully saturated rings. The minimum atomic E-state index is -0.135. The number of anilines is 2. The van der Waals surface area contributed by atoms with Gasteiger partial charge in [-0.25, -0.2) is 4.98 Å². The summed E-state index contributed by atoms with van der Waals surface area (Å²) in [5.41, 5.74) is 7.13. The number of benzene rings is 2. The third-order valence-electron chi connectivity index (χ3n) is 9.34. The number of likely N-dealkylation sites (tertiary alicyclic amines) is 2. The first kappa shape index (κ1) is 26.0. The number of rotatable bonds is 7. The molecule has 0 spiro atoms. The number of aryl methyl sites for hydroxylation is 1. The van der Waals surface area contributed by atoms with Gasteiger partial charge in [0.15, 0.2) is 0 Å². The number of aliphatic hydroxyl groups is 2. The first-order valence-corrected chi connectivity index (χ1v) is 15.3. The average molecular weight is 543 g/mol. The van der Waals surface area contributed by atoms with Gasteiger partial charge in [-0.1, -0.05) is 18.2 Å². The fourth-order valence-corrected chi connectivity index (χ4v) is 7.03. The molecule has 7 rings (SSSR count). The lowest BCUT2D eigenvalue weighted by molar-refractivity contribution is 0.0838. The number of hydrogen-bond acceptors (Lipinski definition) is 7. The Morgan fingerprint density at radius 2 is 1.50 bits per heavy atom. The van der Waals surface area contributed by atoms with E-state index in [0.717, 1.165) is 114 Å². The molecule has 2 aromatic heterocycles. The summed E-state index contributed by atoms with van der Waals surface area (Å²) < 4.78 is 2.51. The van der Waals surface area contributed by atoms with Crippen LogP contribution in [0.1, 0.15) is 32.1 Å². The SMILES string of the molecule is OC1CCN(CCNc2ccc3c4c5c(nc3c2)c2ccccc2n5CCCN4CCN2CCC(O)CC2)CC1. The highest BCUT2D eigenvalue weighted by Crippen LogP contribution is 2.41. The molecule has 0 amide bonds. The maximum Gasteiger partial charge on any atom is 0.0988 e. The molecular weight excluding hydrogens is 500 g/mol. The van der Waals surface area contributed by atoms with Crippen LogP contribution in [0, 0.1) is 0 Å². The van der Waals surface area contributed by atoms with E-state index in [1.54, 1.807) is 0 Å². The molecule has 3 aliphatic heterocycles. The summed E-state index contributed by atoms with van der Waals surface area (Å²) >= 11 is 0. The molecule has 212 valence electrons. The minimum Gasteiger partial charge on any atom is -0.393 e. The van der Waals surface area contributed by atoms with Crippen molar-refractivity contribution in [2.24, 2.45) is 0 Å². The summed E-state index contributed by atoms with van der Waals surface area (Å²) in [6.07, 6.45) is 4.36. The van der Waals surface area contributed by atoms with Gasteiger partial charge in [0.2, 0.25) is 0 Å². The van der Waals surface area contributed by atoms with Crippen molar-refractivity contribution < 1.29 is 10.2 Å². The van der Waals surface area contributed by atoms with E-state index in [-0.39, 0.29) is 12.2 Å². The van der Waals surface area contributed by atoms with Crippen molar-refractivity contribution in [3.63, 3.8) is 0 Å². The predicted octanol–water partition coefficient (Wildman–Crippen LogP) is 3.88. The van der Waals surface area contributed by atoms with Crippen molar-refractivity contribution in [1.82, 2.24) is 19.4 Å². The van der Waals surface area contributed by atoms with Gasteiger partial charge < -0.3 is 34.8 Å². The van der Waals surface area contributed by atoms with Crippen molar-refractivity contribution in [3.05, 3.63) is 42.5 Å². The second-order valence-electron chi connectivity index (χ2n) is 12.0. The molecule has 4 aromatic rings. The quantitative estimate of drug-likeness (QED) is 0.327. The van der Waals surface area contributed by atoms with E-state index in [9.17, 15) is 10.2 Å². The van der Waals surface area contributed by atoms with E-state index < -0.39 is 0 Å². The van der Waals surface area contributed by atoms with Gasteiger partial charge in [-0.3, -0.25) is 0 Å². The minimum absolute atomic E-state index is 0.129. The summed E-state index contributed by atoms with van der Waals surface area (Å²) in [7, 11) is 0. The maximum atomic E-state index is 9.97. The van der Waals surface area contributed by atoms with Crippen molar-refractivity contribution in [2.75, 3.05) is 69.1 Å². The molecule has 40 heavy (non-hydrogen) atoms. The molecule has 5 heterocycles. The molecule has 0 atom stereocenters. The van der Waals surface area contributed by atoms with Gasteiger partial charge in [-0.05, 0) is 56.4 Å². The smallest absolute Gasteiger partial charge is 0.0988 e. The summed E-state index contributed by atoms with van der Waals surface area (Å²) in [6, 6.07) is 15.5. The van der Waals surface area contributed by atoms with E-state index >= 15 is 0 Å². The summed E-state index contributed by atoms with van der Waals surface area (Å²) in [5.74, 6) is 0. The van der Waals surface area contributed by atoms with Crippen LogP contribution in [-0.2, 0) is 6.54 Å². The van der Waals surface area contributed by atoms with Gasteiger partial charge in [-0.15, -0.1) is 0 Å². The molecule has 0 saturated carbocycles. The van der Waals surface area contributed by atoms with Crippen LogP contribution in [-0.4, -0.2) is 101 Å². The molecule has 3 N–H and O–H groups in total. The Morgan fingerprint density at radius 1 is 0.775 bits per heavy atom. The third kappa shape index (κ3) is 5.02. The molecule has 2 saturated heterocycles. The highest BCUT2D eigenvalue weighted by molar-refractivity contribution is 6.17. The number of piperidine rings is 2. The largest absolute Gasteiger partial charge is 0.393 e. The van der Waals surface area contributed by atoms with E-state index in [2.05, 4.69) is 67.0 Å². The van der Waals surface area contributed by atoms with Gasteiger partial charge in [-0.2, -0.15) is 0 Å². The van der Waals surface area contributed by atoms with Gasteiger partial charge in [0.25, 0.3) is 0 Å². The van der Waals surface area contributed by atoms with Crippen LogP contribution in [0.25, 0.3) is 32.8 Å². The van der Waals surface area contributed by atoms with Crippen LogP contribution in [0.4, 0.5) is 11.4 Å². The van der Waals surface area contributed by atoms with Crippen molar-refractivity contribution >= 4 is 44.2 Å². The summed E-state index contributed by atoms with van der Waals surface area (Å²) in [6.45, 7) is 9.81. The van der Waals surface area contributed by atoms with Crippen molar-refractivity contribution in [2.45, 2.75) is 50.9 Å². The lowest BCUT2D eigenvalue weighted by Crippen LogP contribution is -2.41.